The first-order valence-electron chi connectivity index (χ1n) is 5.41. The number of aromatic nitrogens is 2. The van der Waals surface area contributed by atoms with E-state index in [1.807, 2.05) is 13.8 Å². The van der Waals surface area contributed by atoms with E-state index >= 15 is 0 Å². The van der Waals surface area contributed by atoms with E-state index in [-0.39, 0.29) is 11.4 Å². The summed E-state index contributed by atoms with van der Waals surface area (Å²) in [7, 11) is 0. The number of rotatable bonds is 1. The molecular formula is C13H14F2N2. The van der Waals surface area contributed by atoms with Gasteiger partial charge in [-0.05, 0) is 24.6 Å². The topological polar surface area (TPSA) is 25.8 Å². The first kappa shape index (κ1) is 13.2. The Morgan fingerprint density at radius 3 is 2.12 bits per heavy atom. The molecule has 2 aromatic rings. The minimum absolute atomic E-state index is 0.189. The van der Waals surface area contributed by atoms with Crippen LogP contribution in [0.15, 0.2) is 30.6 Å². The van der Waals surface area contributed by atoms with Crippen LogP contribution in [0, 0.1) is 18.6 Å². The van der Waals surface area contributed by atoms with Gasteiger partial charge in [0.25, 0.3) is 0 Å². The molecule has 0 aliphatic rings. The van der Waals surface area contributed by atoms with Gasteiger partial charge in [-0.3, -0.25) is 0 Å². The molecule has 2 rings (SSSR count). The molecule has 1 heterocycles. The maximum atomic E-state index is 13.5. The molecule has 0 unspecified atom stereocenters. The predicted octanol–water partition coefficient (Wildman–Crippen LogP) is 3.76. The molecule has 2 nitrogen and oxygen atoms in total. The molecule has 0 N–H and O–H groups in total. The monoisotopic (exact) mass is 236 g/mol. The Bertz CT molecular complexity index is 481. The van der Waals surface area contributed by atoms with E-state index in [9.17, 15) is 8.78 Å². The zero-order valence-electron chi connectivity index (χ0n) is 10.0. The minimum atomic E-state index is -0.536. The number of benzene rings is 1. The molecule has 0 amide bonds. The standard InChI is InChI=1S/C11H8F2N2.C2H6/c1-7-2-3-9(10(13)4-7)11-14-5-8(12)6-15-11;1-2/h2-6H,1H3;1-2H3. The molecule has 0 fully saturated rings. The third-order valence-corrected chi connectivity index (χ3v) is 1.99. The second-order valence-corrected chi connectivity index (χ2v) is 3.21. The van der Waals surface area contributed by atoms with Crippen molar-refractivity contribution < 1.29 is 8.78 Å². The summed E-state index contributed by atoms with van der Waals surface area (Å²) in [6.45, 7) is 5.79. The molecule has 1 aromatic carbocycles. The Morgan fingerprint density at radius 1 is 1.00 bits per heavy atom. The van der Waals surface area contributed by atoms with Gasteiger partial charge < -0.3 is 0 Å². The van der Waals surface area contributed by atoms with Gasteiger partial charge in [-0.25, -0.2) is 18.7 Å². The lowest BCUT2D eigenvalue weighted by atomic mass is 10.1. The summed E-state index contributed by atoms with van der Waals surface area (Å²) in [5, 5.41) is 0. The molecule has 1 aromatic heterocycles. The fraction of sp³-hybridized carbons (Fsp3) is 0.231. The number of nitrogens with zero attached hydrogens (tertiary/aromatic N) is 2. The molecule has 0 aliphatic carbocycles. The van der Waals surface area contributed by atoms with Crippen molar-refractivity contribution >= 4 is 0 Å². The van der Waals surface area contributed by atoms with E-state index < -0.39 is 11.6 Å². The van der Waals surface area contributed by atoms with Crippen LogP contribution >= 0.6 is 0 Å². The molecule has 0 atom stereocenters. The molecule has 0 radical (unpaired) electrons. The van der Waals surface area contributed by atoms with E-state index in [2.05, 4.69) is 9.97 Å². The van der Waals surface area contributed by atoms with E-state index in [4.69, 9.17) is 0 Å². The van der Waals surface area contributed by atoms with Gasteiger partial charge in [0.15, 0.2) is 11.6 Å². The van der Waals surface area contributed by atoms with Crippen LogP contribution in [0.1, 0.15) is 19.4 Å². The van der Waals surface area contributed by atoms with Crippen LogP contribution in [-0.2, 0) is 0 Å². The fourth-order valence-corrected chi connectivity index (χ4v) is 1.25. The Balaban J connectivity index is 0.000000686. The first-order chi connectivity index (χ1) is 8.16. The van der Waals surface area contributed by atoms with Crippen LogP contribution in [0.5, 0.6) is 0 Å². The van der Waals surface area contributed by atoms with E-state index in [1.165, 1.54) is 6.07 Å². The van der Waals surface area contributed by atoms with Gasteiger partial charge in [-0.1, -0.05) is 19.9 Å². The Labute approximate surface area is 99.4 Å². The van der Waals surface area contributed by atoms with Gasteiger partial charge in [0.05, 0.1) is 18.0 Å². The third-order valence-electron chi connectivity index (χ3n) is 1.99. The normalized spacial score (nSPS) is 9.47. The second-order valence-electron chi connectivity index (χ2n) is 3.21. The van der Waals surface area contributed by atoms with Crippen molar-refractivity contribution in [1.29, 1.82) is 0 Å². The molecule has 17 heavy (non-hydrogen) atoms. The van der Waals surface area contributed by atoms with Crippen LogP contribution in [-0.4, -0.2) is 9.97 Å². The number of hydrogen-bond donors (Lipinski definition) is 0. The molecule has 90 valence electrons. The van der Waals surface area contributed by atoms with Crippen LogP contribution in [0.2, 0.25) is 0 Å². The third kappa shape index (κ3) is 3.31. The predicted molar refractivity (Wildman–Crippen MR) is 63.5 cm³/mol. The number of aryl methyl sites for hydroxylation is 1. The highest BCUT2D eigenvalue weighted by atomic mass is 19.1. The lowest BCUT2D eigenvalue weighted by Crippen LogP contribution is -1.93. The van der Waals surface area contributed by atoms with Gasteiger partial charge in [0.2, 0.25) is 0 Å². The highest BCUT2D eigenvalue weighted by Gasteiger charge is 2.07. The summed E-state index contributed by atoms with van der Waals surface area (Å²) < 4.78 is 26.0. The van der Waals surface area contributed by atoms with Crippen molar-refractivity contribution in [2.24, 2.45) is 0 Å². The summed E-state index contributed by atoms with van der Waals surface area (Å²) >= 11 is 0. The fourth-order valence-electron chi connectivity index (χ4n) is 1.25. The molecule has 0 spiro atoms. The first-order valence-corrected chi connectivity index (χ1v) is 5.41. The average molecular weight is 236 g/mol. The summed E-state index contributed by atoms with van der Waals surface area (Å²) in [6, 6.07) is 4.73. The quantitative estimate of drug-likeness (QED) is 0.753. The largest absolute Gasteiger partial charge is 0.233 e. The highest BCUT2D eigenvalue weighted by molar-refractivity contribution is 5.55. The number of halogens is 2. The summed E-state index contributed by atoms with van der Waals surface area (Å²) in [5.41, 5.74) is 1.10. The van der Waals surface area contributed by atoms with Crippen molar-refractivity contribution in [3.63, 3.8) is 0 Å². The molecule has 0 aliphatic heterocycles. The molecular weight excluding hydrogens is 222 g/mol. The van der Waals surface area contributed by atoms with Crippen molar-refractivity contribution in [2.75, 3.05) is 0 Å². The lowest BCUT2D eigenvalue weighted by Gasteiger charge is -2.02. The SMILES string of the molecule is CC.Cc1ccc(-c2ncc(F)cn2)c(F)c1. The zero-order chi connectivity index (χ0) is 12.8. The summed E-state index contributed by atoms with van der Waals surface area (Å²) in [4.78, 5) is 7.43. The van der Waals surface area contributed by atoms with Crippen molar-refractivity contribution in [3.8, 4) is 11.4 Å². The molecule has 0 bridgehead atoms. The maximum Gasteiger partial charge on any atom is 0.162 e. The van der Waals surface area contributed by atoms with Crippen LogP contribution in [0.4, 0.5) is 8.78 Å². The van der Waals surface area contributed by atoms with Gasteiger partial charge in [0.1, 0.15) is 5.82 Å². The Hall–Kier alpha value is -1.84. The van der Waals surface area contributed by atoms with Gasteiger partial charge in [0, 0.05) is 0 Å². The van der Waals surface area contributed by atoms with Gasteiger partial charge >= 0.3 is 0 Å². The highest BCUT2D eigenvalue weighted by Crippen LogP contribution is 2.19. The lowest BCUT2D eigenvalue weighted by molar-refractivity contribution is 0.611. The minimum Gasteiger partial charge on any atom is -0.233 e. The Kier molecular flexibility index (Phi) is 4.69. The Morgan fingerprint density at radius 2 is 1.59 bits per heavy atom. The van der Waals surface area contributed by atoms with E-state index in [1.54, 1.807) is 19.1 Å². The van der Waals surface area contributed by atoms with Crippen molar-refractivity contribution in [2.45, 2.75) is 20.8 Å². The van der Waals surface area contributed by atoms with Crippen LogP contribution in [0.3, 0.4) is 0 Å². The van der Waals surface area contributed by atoms with Gasteiger partial charge in [-0.2, -0.15) is 0 Å². The van der Waals surface area contributed by atoms with E-state index in [0.29, 0.717) is 0 Å². The molecule has 4 heteroatoms. The average Bonchev–Trinajstić information content (AvgIpc) is 2.33. The van der Waals surface area contributed by atoms with Crippen LogP contribution < -0.4 is 0 Å². The van der Waals surface area contributed by atoms with Crippen molar-refractivity contribution in [1.82, 2.24) is 9.97 Å². The summed E-state index contributed by atoms with van der Waals surface area (Å²) in [6.07, 6.45) is 2.03. The maximum absolute atomic E-state index is 13.5. The molecule has 0 saturated carbocycles. The van der Waals surface area contributed by atoms with E-state index in [0.717, 1.165) is 18.0 Å². The summed E-state index contributed by atoms with van der Waals surface area (Å²) in [5.74, 6) is -0.748. The number of hydrogen-bond acceptors (Lipinski definition) is 2. The second kappa shape index (κ2) is 6.03. The van der Waals surface area contributed by atoms with Crippen molar-refractivity contribution in [3.05, 3.63) is 47.8 Å². The van der Waals surface area contributed by atoms with Gasteiger partial charge in [-0.15, -0.1) is 0 Å². The smallest absolute Gasteiger partial charge is 0.162 e. The van der Waals surface area contributed by atoms with Crippen LogP contribution in [0.25, 0.3) is 11.4 Å². The zero-order valence-corrected chi connectivity index (χ0v) is 10.0. The molecule has 0 saturated heterocycles.